The molecule has 0 spiro atoms. The summed E-state index contributed by atoms with van der Waals surface area (Å²) in [6.07, 6.45) is 2.12. The Morgan fingerprint density at radius 2 is 1.76 bits per heavy atom. The second-order valence-electron chi connectivity index (χ2n) is 12.5. The molecule has 2 heterocycles. The number of carboxylic acids is 1. The van der Waals surface area contributed by atoms with Crippen molar-refractivity contribution in [3.8, 4) is 11.5 Å². The number of hydrogen-bond acceptors (Lipinski definition) is 7. The van der Waals surface area contributed by atoms with Gasteiger partial charge in [0.05, 0.1) is 24.4 Å². The fourth-order valence-electron chi connectivity index (χ4n) is 5.71. The highest BCUT2D eigenvalue weighted by atomic mass is 35.5. The third kappa shape index (κ3) is 7.90. The monoisotopic (exact) mass is 642 g/mol. The largest absolute Gasteiger partial charge is 0.493 e. The first kappa shape index (κ1) is 35.7. The summed E-state index contributed by atoms with van der Waals surface area (Å²) in [5, 5.41) is 21.6. The maximum absolute atomic E-state index is 13.9. The number of hydrogen-bond donors (Lipinski definition) is 3. The van der Waals surface area contributed by atoms with Gasteiger partial charge < -0.3 is 29.7 Å². The molecule has 0 bridgehead atoms. The summed E-state index contributed by atoms with van der Waals surface area (Å²) in [6, 6.07) is 7.14. The lowest BCUT2D eigenvalue weighted by Crippen LogP contribution is -2.32. The summed E-state index contributed by atoms with van der Waals surface area (Å²) in [5.74, 6) is -0.261. The maximum Gasteiger partial charge on any atom is 0.344 e. The van der Waals surface area contributed by atoms with Crippen molar-refractivity contribution in [3.05, 3.63) is 52.1 Å². The molecule has 1 atom stereocenters. The average molecular weight is 643 g/mol. The Labute approximate surface area is 272 Å². The van der Waals surface area contributed by atoms with Crippen LogP contribution in [0.25, 0.3) is 0 Å². The molecule has 1 unspecified atom stereocenters. The minimum Gasteiger partial charge on any atom is -0.493 e. The van der Waals surface area contributed by atoms with Gasteiger partial charge in [0.25, 0.3) is 5.91 Å². The highest BCUT2D eigenvalue weighted by Gasteiger charge is 2.33. The first-order valence-corrected chi connectivity index (χ1v) is 15.7. The quantitative estimate of drug-likeness (QED) is 0.233. The molecule has 2 aliphatic heterocycles. The summed E-state index contributed by atoms with van der Waals surface area (Å²) < 4.78 is 12.0. The Morgan fingerprint density at radius 1 is 1.07 bits per heavy atom. The number of carbonyl (C=O) groups excluding carboxylic acids is 2. The van der Waals surface area contributed by atoms with Crippen LogP contribution in [0.2, 0.25) is 0 Å². The third-order valence-corrected chi connectivity index (χ3v) is 8.10. The minimum atomic E-state index is -1.02. The topological polar surface area (TPSA) is 132 Å². The molecule has 2 aliphatic rings. The minimum absolute atomic E-state index is 0. The Morgan fingerprint density at radius 3 is 2.33 bits per heavy atom. The van der Waals surface area contributed by atoms with Crippen LogP contribution in [0.4, 0.5) is 5.69 Å². The average Bonchev–Trinajstić information content (AvgIpc) is 3.61. The van der Waals surface area contributed by atoms with Gasteiger partial charge in [0.1, 0.15) is 17.3 Å². The lowest BCUT2D eigenvalue weighted by Gasteiger charge is -2.31. The molecule has 11 heteroatoms. The molecule has 2 aromatic rings. The van der Waals surface area contributed by atoms with Crippen LogP contribution in [-0.4, -0.2) is 72.4 Å². The van der Waals surface area contributed by atoms with Gasteiger partial charge in [0.2, 0.25) is 0 Å². The van der Waals surface area contributed by atoms with Crippen molar-refractivity contribution in [1.82, 2.24) is 10.2 Å². The van der Waals surface area contributed by atoms with E-state index in [1.807, 2.05) is 46.8 Å². The number of carbonyl (C=O) groups is 3. The number of fused-ring (bicyclic) bond motifs is 1. The van der Waals surface area contributed by atoms with Crippen LogP contribution in [0.15, 0.2) is 24.3 Å². The van der Waals surface area contributed by atoms with Gasteiger partial charge >= 0.3 is 5.97 Å². The standard InChI is InChI=1S/C34H46N4O6.ClH/c1-7-12-36-32(40)24-18-23-22(17-29(24)43-9-3)19-38(31(23)35)20-27(39)21-15-25(34(4,5)6)30(44-28(8-2)33(41)42)26(16-21)37-13-10-11-14-37;/h15-18,28,35H,7-14,19-20H2,1-6H3,(H,36,40)(H,41,42);1H. The van der Waals surface area contributed by atoms with Gasteiger partial charge in [-0.1, -0.05) is 34.6 Å². The molecule has 1 amide bonds. The summed E-state index contributed by atoms with van der Waals surface area (Å²) in [5.41, 5.74) is 3.39. The zero-order valence-electron chi connectivity index (χ0n) is 27.2. The van der Waals surface area contributed by atoms with Crippen LogP contribution in [0, 0.1) is 5.41 Å². The van der Waals surface area contributed by atoms with Gasteiger partial charge in [-0.2, -0.15) is 0 Å². The number of benzene rings is 2. The Bertz CT molecular complexity index is 1430. The number of ether oxygens (including phenoxy) is 2. The fourth-order valence-corrected chi connectivity index (χ4v) is 5.71. The number of anilines is 1. The molecule has 4 rings (SSSR count). The predicted molar refractivity (Wildman–Crippen MR) is 178 cm³/mol. The first-order chi connectivity index (χ1) is 20.9. The van der Waals surface area contributed by atoms with E-state index < -0.39 is 17.5 Å². The molecule has 0 saturated carbocycles. The van der Waals surface area contributed by atoms with Crippen LogP contribution in [0.3, 0.4) is 0 Å². The van der Waals surface area contributed by atoms with Crippen LogP contribution in [0.1, 0.15) is 105 Å². The summed E-state index contributed by atoms with van der Waals surface area (Å²) in [6.45, 7) is 14.5. The molecule has 0 radical (unpaired) electrons. The summed E-state index contributed by atoms with van der Waals surface area (Å²) >= 11 is 0. The molecule has 2 aromatic carbocycles. The number of nitrogens with zero attached hydrogens (tertiary/aromatic N) is 2. The number of ketones is 1. The summed E-state index contributed by atoms with van der Waals surface area (Å²) in [7, 11) is 0. The fraction of sp³-hybridized carbons (Fsp3) is 0.529. The molecule has 246 valence electrons. The van der Waals surface area contributed by atoms with Crippen molar-refractivity contribution in [2.24, 2.45) is 0 Å². The second-order valence-corrected chi connectivity index (χ2v) is 12.5. The molecule has 0 aliphatic carbocycles. The molecule has 0 aromatic heterocycles. The van der Waals surface area contributed by atoms with Crippen molar-refractivity contribution < 1.29 is 29.0 Å². The second kappa shape index (κ2) is 15.0. The molecular weight excluding hydrogens is 596 g/mol. The van der Waals surface area contributed by atoms with Crippen LogP contribution >= 0.6 is 12.4 Å². The Kier molecular flexibility index (Phi) is 11.9. The van der Waals surface area contributed by atoms with Crippen LogP contribution < -0.4 is 19.7 Å². The lowest BCUT2D eigenvalue weighted by atomic mass is 9.84. The zero-order valence-corrected chi connectivity index (χ0v) is 28.1. The molecule has 45 heavy (non-hydrogen) atoms. The van der Waals surface area contributed by atoms with E-state index in [9.17, 15) is 19.5 Å². The highest BCUT2D eigenvalue weighted by Crippen LogP contribution is 2.42. The van der Waals surface area contributed by atoms with E-state index in [0.717, 1.165) is 49.2 Å². The molecule has 1 fully saturated rings. The Balaban J connectivity index is 0.00000552. The number of amides is 1. The van der Waals surface area contributed by atoms with Crippen molar-refractivity contribution in [2.75, 3.05) is 37.7 Å². The molecular formula is C34H47ClN4O6. The SMILES string of the molecule is CCCNC(=O)c1cc2c(cc1OCC)CN(CC(=O)c1cc(N3CCCC3)c(OC(CC)C(=O)O)c(C(C)(C)C)c1)C2=N.Cl. The maximum atomic E-state index is 13.9. The molecule has 3 N–H and O–H groups in total. The number of Topliss-reactive ketones (excluding diaryl/α,β-unsaturated/α-hetero) is 1. The van der Waals surface area contributed by atoms with Crippen LogP contribution in [-0.2, 0) is 16.8 Å². The van der Waals surface area contributed by atoms with Crippen molar-refractivity contribution in [1.29, 1.82) is 5.41 Å². The van der Waals surface area contributed by atoms with Crippen molar-refractivity contribution in [2.45, 2.75) is 85.3 Å². The van der Waals surface area contributed by atoms with Gasteiger partial charge in [-0.25, -0.2) is 4.79 Å². The zero-order chi connectivity index (χ0) is 32.2. The number of halogens is 1. The highest BCUT2D eigenvalue weighted by molar-refractivity contribution is 6.08. The van der Waals surface area contributed by atoms with Crippen molar-refractivity contribution >= 4 is 41.6 Å². The van der Waals surface area contributed by atoms with Crippen LogP contribution in [0.5, 0.6) is 11.5 Å². The van der Waals surface area contributed by atoms with Gasteiger partial charge in [-0.05, 0) is 67.9 Å². The first-order valence-electron chi connectivity index (χ1n) is 15.7. The number of nitrogens with one attached hydrogen (secondary N) is 2. The van der Waals surface area contributed by atoms with Crippen molar-refractivity contribution in [3.63, 3.8) is 0 Å². The van der Waals surface area contributed by atoms with E-state index in [4.69, 9.17) is 14.9 Å². The van der Waals surface area contributed by atoms with Gasteiger partial charge in [-0.3, -0.25) is 15.0 Å². The lowest BCUT2D eigenvalue weighted by molar-refractivity contribution is -0.145. The van der Waals surface area contributed by atoms with Gasteiger partial charge in [0, 0.05) is 42.9 Å². The Hall–Kier alpha value is -3.79. The van der Waals surface area contributed by atoms with E-state index in [1.165, 1.54) is 0 Å². The molecule has 10 nitrogen and oxygen atoms in total. The number of aliphatic carboxylic acids is 1. The third-order valence-electron chi connectivity index (χ3n) is 8.10. The molecule has 1 saturated heterocycles. The van der Waals surface area contributed by atoms with E-state index in [2.05, 4.69) is 10.2 Å². The number of rotatable bonds is 13. The van der Waals surface area contributed by atoms with E-state index in [0.29, 0.717) is 54.3 Å². The number of amidine groups is 1. The van der Waals surface area contributed by atoms with E-state index in [1.54, 1.807) is 24.0 Å². The predicted octanol–water partition coefficient (Wildman–Crippen LogP) is 5.81. The normalized spacial score (nSPS) is 14.9. The van der Waals surface area contributed by atoms with E-state index >= 15 is 0 Å². The van der Waals surface area contributed by atoms with Gasteiger partial charge in [-0.15, -0.1) is 12.4 Å². The van der Waals surface area contributed by atoms with E-state index in [-0.39, 0.29) is 36.5 Å². The smallest absolute Gasteiger partial charge is 0.344 e. The number of carboxylic acid groups (broad SMARTS) is 1. The van der Waals surface area contributed by atoms with Gasteiger partial charge in [0.15, 0.2) is 11.9 Å². The summed E-state index contributed by atoms with van der Waals surface area (Å²) in [4.78, 5) is 42.6.